The van der Waals surface area contributed by atoms with E-state index in [1.807, 2.05) is 202 Å². The molecule has 20 rings (SSSR count). The minimum atomic E-state index is -0.0748. The molecule has 8 aromatic carbocycles. The van der Waals surface area contributed by atoms with Crippen LogP contribution in [0.2, 0.25) is 0 Å². The lowest BCUT2D eigenvalue weighted by molar-refractivity contribution is -0.118. The van der Waals surface area contributed by atoms with Crippen molar-refractivity contribution in [2.75, 3.05) is 26.7 Å². The molecule has 4 amide bonds. The van der Waals surface area contributed by atoms with Crippen molar-refractivity contribution < 1.29 is 29.0 Å². The summed E-state index contributed by atoms with van der Waals surface area (Å²) in [4.78, 5) is 109. The van der Waals surface area contributed by atoms with Crippen molar-refractivity contribution in [3.8, 4) is 96.9 Å². The Morgan fingerprint density at radius 3 is 1.01 bits per heavy atom. The number of fused-ring (bicyclic) bond motifs is 4. The summed E-state index contributed by atoms with van der Waals surface area (Å²) in [6.45, 7) is 20.9. The Labute approximate surface area is 771 Å². The Balaban J connectivity index is 0.000000124. The first-order chi connectivity index (χ1) is 64.3. The zero-order chi connectivity index (χ0) is 93.0. The summed E-state index contributed by atoms with van der Waals surface area (Å²) in [5.74, 6) is 9.08. The summed E-state index contributed by atoms with van der Waals surface area (Å²) in [5, 5.41) is 26.3. The molecule has 16 aromatic rings. The average molecular weight is 1770 g/mol. The molecule has 29 nitrogen and oxygen atoms in total. The Morgan fingerprint density at radius 2 is 0.699 bits per heavy atom. The third kappa shape index (κ3) is 18.9. The Morgan fingerprint density at radius 1 is 0.361 bits per heavy atom. The van der Waals surface area contributed by atoms with Gasteiger partial charge in [0.25, 0.3) is 0 Å². The van der Waals surface area contributed by atoms with Gasteiger partial charge in [-0.2, -0.15) is 10.1 Å². The normalized spacial score (nSPS) is 13.1. The van der Waals surface area contributed by atoms with Gasteiger partial charge in [0, 0.05) is 120 Å². The van der Waals surface area contributed by atoms with E-state index in [2.05, 4.69) is 135 Å². The van der Waals surface area contributed by atoms with Crippen LogP contribution >= 0.6 is 0 Å². The molecule has 29 heteroatoms. The molecule has 0 radical (unpaired) electrons. The van der Waals surface area contributed by atoms with Crippen LogP contribution in [0.3, 0.4) is 0 Å². The SMILES string of the molecule is CC(C)c1ccccc1-c1ncc2c(n1)N(Cc1ccc(-c3cnnn3C)cc1)C(=O)C2.CC(C)c1ccccc1-c1ncc2c(n1)N(Cc1ccc(-c3ncn(C)c3CO)cc1)C(=O)C2.COc1nc(-c2ccc(CN3C(=O)Cc4cnc(-c5ccccc5C(C)C)nc43)cc2)nn1C.Cc1nc(-c2ccc(CN3C(=O)Cc4cnc(-c5ccccc5C(C)C)nc43)cc2)n(C)n1. The molecule has 0 unspecified atom stereocenters. The fourth-order valence-electron chi connectivity index (χ4n) is 17.2. The smallest absolute Gasteiger partial charge is 0.314 e. The molecular formula is C104H103N23O6. The van der Waals surface area contributed by atoms with Crippen molar-refractivity contribution >= 4 is 46.9 Å². The van der Waals surface area contributed by atoms with E-state index in [9.17, 15) is 24.3 Å². The zero-order valence-electron chi connectivity index (χ0n) is 76.9. The monoisotopic (exact) mass is 1770 g/mol. The standard InChI is InChI=1S/C27H27N5O2.C26H26N6O2.C26H26N6O.C25H24N6O/c1-17(2)21-6-4-5-7-22(21)26-28-13-20-12-24(34)32(27(20)30-26)14-18-8-10-19(11-9-18)25-23(15-33)31(3)16-29-25;1-16(2)20-7-5-6-8-21(20)24-27-14-19-13-22(33)32(25(19)28-24)15-17-9-11-18(12-10-17)23-29-26(34-4)31(3)30-23;1-16(2)21-7-5-6-8-22(21)24-27-14-20-13-23(33)32(26(20)29-24)15-18-9-11-19(12-10-18)25-28-17(3)30-31(25)4;1-16(2)20-6-4-5-7-21(20)24-26-13-19-12-23(32)31(25(19)28-24)15-17-8-10-18(11-9-17)22-14-27-29-30(22)3/h4-11,13,16-17,33H,12,14-15H2,1-3H3;5-12,14,16H,13,15H2,1-4H3;5-12,14,16H,13,15H2,1-4H3;4-11,13-14,16H,12,15H2,1-3H3. The molecule has 0 spiro atoms. The molecule has 4 aliphatic heterocycles. The highest BCUT2D eigenvalue weighted by molar-refractivity contribution is 6.03. The summed E-state index contributed by atoms with van der Waals surface area (Å²) in [6, 6.07) is 65.2. The number of rotatable bonds is 22. The molecule has 0 atom stereocenters. The van der Waals surface area contributed by atoms with Crippen molar-refractivity contribution in [1.82, 2.24) is 93.9 Å². The molecule has 0 saturated heterocycles. The maximum absolute atomic E-state index is 12.9. The van der Waals surface area contributed by atoms with Gasteiger partial charge in [0.2, 0.25) is 23.6 Å². The number of hydrogen-bond donors (Lipinski definition) is 1. The molecule has 0 aliphatic carbocycles. The minimum Gasteiger partial charge on any atom is -0.467 e. The first kappa shape index (κ1) is 89.3. The third-order valence-electron chi connectivity index (χ3n) is 24.2. The number of nitrogens with zero attached hydrogens (tertiary/aromatic N) is 23. The topological polar surface area (TPSA) is 324 Å². The van der Waals surface area contributed by atoms with E-state index in [0.29, 0.717) is 134 Å². The molecule has 4 aliphatic rings. The molecule has 133 heavy (non-hydrogen) atoms. The van der Waals surface area contributed by atoms with Gasteiger partial charge in [-0.25, -0.2) is 63.9 Å². The van der Waals surface area contributed by atoms with Crippen LogP contribution in [0.15, 0.2) is 231 Å². The lowest BCUT2D eigenvalue weighted by Crippen LogP contribution is -2.26. The number of imidazole rings is 1. The van der Waals surface area contributed by atoms with E-state index in [4.69, 9.17) is 24.7 Å². The van der Waals surface area contributed by atoms with Gasteiger partial charge in [-0.05, 0) is 75.1 Å². The predicted octanol–water partition coefficient (Wildman–Crippen LogP) is 17.0. The molecular weight excluding hydrogens is 1670 g/mol. The van der Waals surface area contributed by atoms with Crippen LogP contribution in [-0.4, -0.2) is 130 Å². The molecule has 0 fully saturated rings. The maximum atomic E-state index is 12.9. The highest BCUT2D eigenvalue weighted by Crippen LogP contribution is 2.40. The van der Waals surface area contributed by atoms with Crippen LogP contribution in [0.25, 0.3) is 90.8 Å². The number of amides is 4. The van der Waals surface area contributed by atoms with E-state index in [1.54, 1.807) is 85.1 Å². The number of methoxy groups -OCH3 is 1. The Bertz CT molecular complexity index is 7020. The maximum Gasteiger partial charge on any atom is 0.314 e. The lowest BCUT2D eigenvalue weighted by Gasteiger charge is -2.18. The first-order valence-electron chi connectivity index (χ1n) is 44.5. The van der Waals surface area contributed by atoms with Crippen LogP contribution in [0.4, 0.5) is 23.3 Å². The van der Waals surface area contributed by atoms with Gasteiger partial charge in [0.05, 0.1) is 95.2 Å². The van der Waals surface area contributed by atoms with E-state index >= 15 is 0 Å². The quantitative estimate of drug-likeness (QED) is 0.0658. The number of aryl methyl sites for hydroxylation is 5. The van der Waals surface area contributed by atoms with Gasteiger partial charge >= 0.3 is 6.01 Å². The number of hydrogen-bond acceptors (Lipinski definition) is 21. The fourth-order valence-corrected chi connectivity index (χ4v) is 17.2. The number of aliphatic hydroxyl groups is 1. The summed E-state index contributed by atoms with van der Waals surface area (Å²) < 4.78 is 12.1. The number of aliphatic hydroxyl groups excluding tert-OH is 1. The number of carbonyl (C=O) groups excluding carboxylic acids is 4. The van der Waals surface area contributed by atoms with Crippen LogP contribution in [0, 0.1) is 6.92 Å². The molecule has 1 N–H and O–H groups in total. The fraction of sp³-hybridized carbons (Fsp3) is 0.260. The van der Waals surface area contributed by atoms with Crippen LogP contribution in [0.5, 0.6) is 6.01 Å². The second-order valence-electron chi connectivity index (χ2n) is 34.8. The van der Waals surface area contributed by atoms with Crippen LogP contribution in [-0.2, 0) is 106 Å². The van der Waals surface area contributed by atoms with Gasteiger partial charge in [-0.3, -0.25) is 38.8 Å². The molecule has 0 bridgehead atoms. The van der Waals surface area contributed by atoms with E-state index in [0.717, 1.165) is 118 Å². The second kappa shape index (κ2) is 38.6. The van der Waals surface area contributed by atoms with Gasteiger partial charge < -0.3 is 14.4 Å². The number of anilines is 4. The van der Waals surface area contributed by atoms with E-state index < -0.39 is 0 Å². The predicted molar refractivity (Wildman–Crippen MR) is 511 cm³/mol. The van der Waals surface area contributed by atoms with Crippen molar-refractivity contribution in [2.45, 2.75) is 144 Å². The van der Waals surface area contributed by atoms with E-state index in [-0.39, 0.29) is 30.2 Å². The van der Waals surface area contributed by atoms with Crippen LogP contribution < -0.4 is 24.3 Å². The minimum absolute atomic E-state index is 0.0231. The number of ether oxygens (including phenoxy) is 1. The third-order valence-corrected chi connectivity index (χ3v) is 24.2. The van der Waals surface area contributed by atoms with Gasteiger partial charge in [-0.1, -0.05) is 255 Å². The van der Waals surface area contributed by atoms with Gasteiger partial charge in [-0.15, -0.1) is 10.2 Å². The second-order valence-corrected chi connectivity index (χ2v) is 34.8. The molecule has 8 aromatic heterocycles. The number of carbonyl (C=O) groups is 4. The first-order valence-corrected chi connectivity index (χ1v) is 44.5. The summed E-state index contributed by atoms with van der Waals surface area (Å²) in [5.41, 5.74) is 22.6. The Hall–Kier alpha value is -15.7. The number of aromatic nitrogens is 19. The summed E-state index contributed by atoms with van der Waals surface area (Å²) in [7, 11) is 8.97. The summed E-state index contributed by atoms with van der Waals surface area (Å²) >= 11 is 0. The zero-order valence-corrected chi connectivity index (χ0v) is 76.9. The highest BCUT2D eigenvalue weighted by atomic mass is 16.5. The van der Waals surface area contributed by atoms with Crippen molar-refractivity contribution in [3.63, 3.8) is 0 Å². The van der Waals surface area contributed by atoms with Crippen molar-refractivity contribution in [2.24, 2.45) is 28.2 Å². The number of benzene rings is 8. The van der Waals surface area contributed by atoms with Crippen molar-refractivity contribution in [3.05, 3.63) is 310 Å². The lowest BCUT2D eigenvalue weighted by atomic mass is 9.97. The summed E-state index contributed by atoms with van der Waals surface area (Å²) in [6.07, 6.45) is 11.9. The molecule has 12 heterocycles. The average Bonchev–Trinajstić information content (AvgIpc) is 1.41. The molecule has 670 valence electrons. The molecule has 0 saturated carbocycles. The van der Waals surface area contributed by atoms with Crippen LogP contribution in [0.1, 0.15) is 157 Å². The van der Waals surface area contributed by atoms with Gasteiger partial charge in [0.1, 0.15) is 29.1 Å². The Kier molecular flexibility index (Phi) is 25.9. The van der Waals surface area contributed by atoms with E-state index in [1.165, 1.54) is 22.3 Å². The van der Waals surface area contributed by atoms with Gasteiger partial charge in [0.15, 0.2) is 34.9 Å². The highest BCUT2D eigenvalue weighted by Gasteiger charge is 2.36. The largest absolute Gasteiger partial charge is 0.467 e. The van der Waals surface area contributed by atoms with Crippen molar-refractivity contribution in [1.29, 1.82) is 0 Å².